The molecule has 0 N–H and O–H groups in total. The van der Waals surface area contributed by atoms with Crippen molar-refractivity contribution < 1.29 is 0 Å². The molecule has 0 aromatic rings. The van der Waals surface area contributed by atoms with Crippen molar-refractivity contribution in [3.05, 3.63) is 0 Å². The Morgan fingerprint density at radius 1 is 1.33 bits per heavy atom. The van der Waals surface area contributed by atoms with Gasteiger partial charge >= 0.3 is 0 Å². The standard InChI is InChI=1S/C7H14S5/c1-3-4-6(2)7-10-8-5-9-12-11-7/h6-7H,3-5H2,1-2H3. The van der Waals surface area contributed by atoms with Crippen molar-refractivity contribution in [2.24, 2.45) is 5.92 Å². The van der Waals surface area contributed by atoms with Gasteiger partial charge in [0, 0.05) is 0 Å². The Bertz CT molecular complexity index is 110. The Labute approximate surface area is 94.7 Å². The van der Waals surface area contributed by atoms with Crippen molar-refractivity contribution in [1.29, 1.82) is 0 Å². The SMILES string of the molecule is CCCC(C)C1SSCSSS1. The molecule has 0 amide bonds. The van der Waals surface area contributed by atoms with Crippen LogP contribution in [0, 0.1) is 5.92 Å². The lowest BCUT2D eigenvalue weighted by Crippen LogP contribution is -2.07. The van der Waals surface area contributed by atoms with Crippen LogP contribution in [-0.4, -0.2) is 9.67 Å². The van der Waals surface area contributed by atoms with Crippen molar-refractivity contribution in [2.75, 3.05) is 5.08 Å². The average Bonchev–Trinajstić information content (AvgIpc) is 2.32. The first-order valence-electron chi connectivity index (χ1n) is 4.07. The van der Waals surface area contributed by atoms with E-state index in [9.17, 15) is 0 Å². The predicted octanol–water partition coefficient (Wildman–Crippen LogP) is 5.13. The summed E-state index contributed by atoms with van der Waals surface area (Å²) in [6.45, 7) is 4.66. The summed E-state index contributed by atoms with van der Waals surface area (Å²) in [6.07, 6.45) is 2.69. The molecule has 2 unspecified atom stereocenters. The molecule has 72 valence electrons. The molecule has 0 saturated carbocycles. The Hall–Kier alpha value is 1.75. The van der Waals surface area contributed by atoms with Gasteiger partial charge in [-0.25, -0.2) is 0 Å². The predicted molar refractivity (Wildman–Crippen MR) is 70.7 cm³/mol. The molecule has 1 fully saturated rings. The summed E-state index contributed by atoms with van der Waals surface area (Å²) in [4.78, 5) is 0. The van der Waals surface area contributed by atoms with Gasteiger partial charge in [0.15, 0.2) is 0 Å². The fourth-order valence-corrected chi connectivity index (χ4v) is 11.6. The Balaban J connectivity index is 2.27. The fourth-order valence-electron chi connectivity index (χ4n) is 0.998. The molecule has 1 rings (SSSR count). The van der Waals surface area contributed by atoms with E-state index < -0.39 is 0 Å². The summed E-state index contributed by atoms with van der Waals surface area (Å²) in [5.41, 5.74) is 0. The molecular formula is C7H14S5. The minimum atomic E-state index is 0.801. The summed E-state index contributed by atoms with van der Waals surface area (Å²) >= 11 is 0. The van der Waals surface area contributed by atoms with Crippen LogP contribution in [0.4, 0.5) is 0 Å². The molecule has 1 aliphatic rings. The second kappa shape index (κ2) is 7.10. The van der Waals surface area contributed by atoms with Crippen molar-refractivity contribution in [3.8, 4) is 0 Å². The van der Waals surface area contributed by atoms with Crippen molar-refractivity contribution in [2.45, 2.75) is 31.3 Å². The highest BCUT2D eigenvalue weighted by molar-refractivity contribution is 9.13. The summed E-state index contributed by atoms with van der Waals surface area (Å²) in [5, 5.41) is 1.23. The lowest BCUT2D eigenvalue weighted by molar-refractivity contribution is 0.569. The van der Waals surface area contributed by atoms with E-state index >= 15 is 0 Å². The van der Waals surface area contributed by atoms with Gasteiger partial charge in [0.05, 0.1) is 9.67 Å². The van der Waals surface area contributed by atoms with E-state index in [-0.39, 0.29) is 0 Å². The van der Waals surface area contributed by atoms with Crippen LogP contribution in [0.25, 0.3) is 0 Å². The zero-order valence-electron chi connectivity index (χ0n) is 7.32. The molecule has 2 atom stereocenters. The molecule has 0 aliphatic carbocycles. The third-order valence-electron chi connectivity index (χ3n) is 1.65. The molecule has 0 aromatic carbocycles. The second-order valence-electron chi connectivity index (χ2n) is 2.75. The summed E-state index contributed by atoms with van der Waals surface area (Å²) in [7, 11) is 10.1. The maximum absolute atomic E-state index is 2.38. The van der Waals surface area contributed by atoms with E-state index in [4.69, 9.17) is 0 Å². The first-order chi connectivity index (χ1) is 5.84. The van der Waals surface area contributed by atoms with Crippen molar-refractivity contribution in [1.82, 2.24) is 0 Å². The van der Waals surface area contributed by atoms with Gasteiger partial charge in [-0.15, -0.1) is 0 Å². The molecule has 0 aromatic heterocycles. The van der Waals surface area contributed by atoms with Crippen LogP contribution in [0.1, 0.15) is 26.7 Å². The van der Waals surface area contributed by atoms with Crippen LogP contribution in [0.15, 0.2) is 0 Å². The lowest BCUT2D eigenvalue weighted by Gasteiger charge is -2.18. The van der Waals surface area contributed by atoms with Gasteiger partial charge in [-0.1, -0.05) is 63.4 Å². The molecule has 1 aliphatic heterocycles. The van der Waals surface area contributed by atoms with E-state index in [1.54, 1.807) is 0 Å². The molecule has 1 saturated heterocycles. The molecule has 0 spiro atoms. The highest BCUT2D eigenvalue weighted by Gasteiger charge is 2.20. The topological polar surface area (TPSA) is 0 Å². The smallest absolute Gasteiger partial charge is 0.0743 e. The van der Waals surface area contributed by atoms with Gasteiger partial charge in [-0.05, 0) is 22.2 Å². The second-order valence-corrected chi connectivity index (χ2v) is 10.2. The van der Waals surface area contributed by atoms with Gasteiger partial charge in [0.25, 0.3) is 0 Å². The maximum Gasteiger partial charge on any atom is 0.0743 e. The third kappa shape index (κ3) is 4.31. The van der Waals surface area contributed by atoms with E-state index in [2.05, 4.69) is 35.4 Å². The molecule has 0 nitrogen and oxygen atoms in total. The van der Waals surface area contributed by atoms with Crippen LogP contribution in [0.3, 0.4) is 0 Å². The Morgan fingerprint density at radius 3 is 2.92 bits per heavy atom. The largest absolute Gasteiger partial charge is 0.0811 e. The number of hydrogen-bond donors (Lipinski definition) is 0. The zero-order valence-corrected chi connectivity index (χ0v) is 11.4. The van der Waals surface area contributed by atoms with Crippen LogP contribution in [0.5, 0.6) is 0 Å². The van der Waals surface area contributed by atoms with Crippen molar-refractivity contribution >= 4 is 53.0 Å². The molecule has 12 heavy (non-hydrogen) atoms. The lowest BCUT2D eigenvalue weighted by atomic mass is 10.1. The average molecular weight is 259 g/mol. The first-order valence-corrected chi connectivity index (χ1v) is 10.2. The van der Waals surface area contributed by atoms with Crippen LogP contribution < -0.4 is 0 Å². The third-order valence-corrected chi connectivity index (χ3v) is 10.8. The minimum Gasteiger partial charge on any atom is -0.0811 e. The van der Waals surface area contributed by atoms with Crippen LogP contribution >= 0.6 is 53.0 Å². The highest BCUT2D eigenvalue weighted by atomic mass is 33.5. The molecule has 5 heteroatoms. The number of rotatable bonds is 3. The maximum atomic E-state index is 2.38. The normalized spacial score (nSPS) is 28.0. The van der Waals surface area contributed by atoms with E-state index in [1.165, 1.54) is 17.9 Å². The Kier molecular flexibility index (Phi) is 6.99. The van der Waals surface area contributed by atoms with Gasteiger partial charge in [0.1, 0.15) is 0 Å². The van der Waals surface area contributed by atoms with Crippen molar-refractivity contribution in [3.63, 3.8) is 0 Å². The molecule has 0 radical (unpaired) electrons. The van der Waals surface area contributed by atoms with E-state index in [1.807, 2.05) is 31.4 Å². The van der Waals surface area contributed by atoms with Gasteiger partial charge in [-0.2, -0.15) is 0 Å². The van der Waals surface area contributed by atoms with Gasteiger partial charge < -0.3 is 0 Å². The van der Waals surface area contributed by atoms with Gasteiger partial charge in [0.2, 0.25) is 0 Å². The highest BCUT2D eigenvalue weighted by Crippen LogP contribution is 2.54. The number of hydrogen-bond acceptors (Lipinski definition) is 5. The summed E-state index contributed by atoms with van der Waals surface area (Å²) in [6, 6.07) is 0. The van der Waals surface area contributed by atoms with E-state index in [0.717, 1.165) is 10.5 Å². The minimum absolute atomic E-state index is 0.801. The van der Waals surface area contributed by atoms with Crippen LogP contribution in [-0.2, 0) is 0 Å². The monoisotopic (exact) mass is 258 g/mol. The first kappa shape index (κ1) is 11.8. The summed E-state index contributed by atoms with van der Waals surface area (Å²) < 4.78 is 0.801. The van der Waals surface area contributed by atoms with Crippen LogP contribution in [0.2, 0.25) is 0 Å². The molecular weight excluding hydrogens is 244 g/mol. The quantitative estimate of drug-likeness (QED) is 0.642. The van der Waals surface area contributed by atoms with E-state index in [0.29, 0.717) is 0 Å². The molecule has 0 bridgehead atoms. The Morgan fingerprint density at radius 2 is 2.17 bits per heavy atom. The fraction of sp³-hybridized carbons (Fsp3) is 1.00. The summed E-state index contributed by atoms with van der Waals surface area (Å²) in [5.74, 6) is 0.865. The molecule has 1 heterocycles. The van der Waals surface area contributed by atoms with Gasteiger partial charge in [-0.3, -0.25) is 0 Å². The zero-order chi connectivity index (χ0) is 8.81.